The van der Waals surface area contributed by atoms with Crippen molar-refractivity contribution in [2.24, 2.45) is 29.6 Å². The molecule has 0 radical (unpaired) electrons. The first kappa shape index (κ1) is 18.3. The van der Waals surface area contributed by atoms with Crippen molar-refractivity contribution in [1.82, 2.24) is 0 Å². The molecule has 4 aliphatic carbocycles. The highest BCUT2D eigenvalue weighted by molar-refractivity contribution is 14.1. The lowest BCUT2D eigenvalue weighted by molar-refractivity contribution is 0.191. The van der Waals surface area contributed by atoms with Crippen LogP contribution in [0.4, 0.5) is 0 Å². The molecule has 25 heavy (non-hydrogen) atoms. The molecular weight excluding hydrogens is 415 g/mol. The zero-order chi connectivity index (χ0) is 17.2. The van der Waals surface area contributed by atoms with Gasteiger partial charge >= 0.3 is 0 Å². The maximum atomic E-state index is 3.90. The van der Waals surface area contributed by atoms with Crippen molar-refractivity contribution < 1.29 is 0 Å². The summed E-state index contributed by atoms with van der Waals surface area (Å²) in [5, 5.41) is 0. The van der Waals surface area contributed by atoms with Crippen molar-refractivity contribution in [2.75, 3.05) is 0 Å². The first-order valence-electron chi connectivity index (χ1n) is 10.9. The predicted molar refractivity (Wildman–Crippen MR) is 117 cm³/mol. The molecule has 138 valence electrons. The van der Waals surface area contributed by atoms with Crippen LogP contribution in [-0.4, -0.2) is 3.92 Å². The Bertz CT molecular complexity index is 542. The fourth-order valence-corrected chi connectivity index (χ4v) is 7.12. The molecule has 6 unspecified atom stereocenters. The molecule has 1 heteroatoms. The molecule has 0 amide bonds. The smallest absolute Gasteiger partial charge is 0.0147 e. The summed E-state index contributed by atoms with van der Waals surface area (Å²) in [6, 6.07) is 0. The quantitative estimate of drug-likeness (QED) is 0.235. The number of hydrogen-bond acceptors (Lipinski definition) is 0. The second-order valence-corrected chi connectivity index (χ2v) is 11.1. The van der Waals surface area contributed by atoms with E-state index in [9.17, 15) is 0 Å². The van der Waals surface area contributed by atoms with E-state index in [1.165, 1.54) is 77.0 Å². The summed E-state index contributed by atoms with van der Waals surface area (Å²) >= 11 is 2.67. The van der Waals surface area contributed by atoms with E-state index in [1.807, 2.05) is 11.1 Å². The Morgan fingerprint density at radius 3 is 2.24 bits per heavy atom. The van der Waals surface area contributed by atoms with Gasteiger partial charge in [0.25, 0.3) is 0 Å². The van der Waals surface area contributed by atoms with E-state index in [0.717, 1.165) is 33.5 Å². The van der Waals surface area contributed by atoms with Gasteiger partial charge in [-0.05, 0) is 107 Å². The summed E-state index contributed by atoms with van der Waals surface area (Å²) in [5.74, 6) is 4.80. The molecule has 0 nitrogen and oxygen atoms in total. The largest absolute Gasteiger partial charge is 0.103 e. The lowest BCUT2D eigenvalue weighted by Gasteiger charge is -2.42. The van der Waals surface area contributed by atoms with Crippen molar-refractivity contribution in [1.29, 1.82) is 0 Å². The summed E-state index contributed by atoms with van der Waals surface area (Å²) < 4.78 is 0.910. The van der Waals surface area contributed by atoms with E-state index in [1.54, 1.807) is 0 Å². The van der Waals surface area contributed by atoms with Crippen LogP contribution >= 0.6 is 22.6 Å². The van der Waals surface area contributed by atoms with Gasteiger partial charge in [0.15, 0.2) is 0 Å². The van der Waals surface area contributed by atoms with E-state index in [-0.39, 0.29) is 0 Å². The van der Waals surface area contributed by atoms with E-state index in [4.69, 9.17) is 0 Å². The van der Waals surface area contributed by atoms with E-state index in [2.05, 4.69) is 47.4 Å². The molecule has 4 aliphatic rings. The van der Waals surface area contributed by atoms with Crippen molar-refractivity contribution in [3.05, 3.63) is 36.0 Å². The summed E-state index contributed by atoms with van der Waals surface area (Å²) in [6.07, 6.45) is 24.5. The molecule has 6 atom stereocenters. The van der Waals surface area contributed by atoms with Crippen molar-refractivity contribution in [3.8, 4) is 0 Å². The van der Waals surface area contributed by atoms with E-state index >= 15 is 0 Å². The maximum absolute atomic E-state index is 3.90. The molecule has 0 heterocycles. The average Bonchev–Trinajstić information content (AvgIpc) is 2.65. The predicted octanol–water partition coefficient (Wildman–Crippen LogP) is 7.65. The monoisotopic (exact) mass is 450 g/mol. The number of allylic oxidation sites excluding steroid dienone is 5. The van der Waals surface area contributed by atoms with Crippen LogP contribution < -0.4 is 0 Å². The Hall–Kier alpha value is -0.0500. The van der Waals surface area contributed by atoms with Gasteiger partial charge in [0.1, 0.15) is 0 Å². The topological polar surface area (TPSA) is 0 Å². The number of fused-ring (bicyclic) bond motifs is 2. The zero-order valence-corrected chi connectivity index (χ0v) is 17.9. The summed E-state index contributed by atoms with van der Waals surface area (Å²) in [5.41, 5.74) is 3.67. The molecule has 0 N–H and O–H groups in total. The van der Waals surface area contributed by atoms with Crippen LogP contribution in [-0.2, 0) is 0 Å². The molecule has 0 aromatic heterocycles. The second-order valence-electron chi connectivity index (χ2n) is 9.31. The summed E-state index contributed by atoms with van der Waals surface area (Å²) in [7, 11) is 0. The SMILES string of the molecule is C=CCCC1CCC2CC(C3CC=C4CC(I)CCC4C3)CC=C2C1. The third-order valence-electron chi connectivity index (χ3n) is 7.77. The Morgan fingerprint density at radius 2 is 1.56 bits per heavy atom. The van der Waals surface area contributed by atoms with Crippen LogP contribution in [0.25, 0.3) is 0 Å². The van der Waals surface area contributed by atoms with Gasteiger partial charge in [0.05, 0.1) is 0 Å². The van der Waals surface area contributed by atoms with Gasteiger partial charge in [-0.2, -0.15) is 0 Å². The Morgan fingerprint density at radius 1 is 0.920 bits per heavy atom. The van der Waals surface area contributed by atoms with Crippen molar-refractivity contribution in [2.45, 2.75) is 81.0 Å². The van der Waals surface area contributed by atoms with Crippen LogP contribution in [0.2, 0.25) is 0 Å². The van der Waals surface area contributed by atoms with Gasteiger partial charge < -0.3 is 0 Å². The third-order valence-corrected chi connectivity index (χ3v) is 8.83. The van der Waals surface area contributed by atoms with Crippen LogP contribution in [0.15, 0.2) is 36.0 Å². The van der Waals surface area contributed by atoms with Crippen LogP contribution in [0.1, 0.15) is 77.0 Å². The Labute approximate surface area is 168 Å². The zero-order valence-electron chi connectivity index (χ0n) is 15.8. The molecule has 2 fully saturated rings. The van der Waals surface area contributed by atoms with Crippen LogP contribution in [0.3, 0.4) is 0 Å². The number of rotatable bonds is 4. The molecule has 0 aliphatic heterocycles. The van der Waals surface area contributed by atoms with Crippen LogP contribution in [0.5, 0.6) is 0 Å². The van der Waals surface area contributed by atoms with Gasteiger partial charge in [-0.15, -0.1) is 6.58 Å². The lowest BCUT2D eigenvalue weighted by Crippen LogP contribution is -2.31. The highest BCUT2D eigenvalue weighted by Gasteiger charge is 2.36. The fraction of sp³-hybridized carbons (Fsp3) is 0.750. The lowest BCUT2D eigenvalue weighted by atomic mass is 9.63. The first-order chi connectivity index (χ1) is 12.2. The van der Waals surface area contributed by atoms with Gasteiger partial charge in [-0.25, -0.2) is 0 Å². The van der Waals surface area contributed by atoms with Gasteiger partial charge in [0, 0.05) is 3.92 Å². The number of halogens is 1. The minimum absolute atomic E-state index is 0.910. The number of hydrogen-bond donors (Lipinski definition) is 0. The maximum Gasteiger partial charge on any atom is 0.0147 e. The highest BCUT2D eigenvalue weighted by atomic mass is 127. The second kappa shape index (κ2) is 8.31. The van der Waals surface area contributed by atoms with Crippen LogP contribution in [0, 0.1) is 29.6 Å². The molecule has 4 rings (SSSR count). The number of alkyl halides is 1. The van der Waals surface area contributed by atoms with E-state index in [0.29, 0.717) is 0 Å². The minimum atomic E-state index is 0.910. The standard InChI is InChI=1S/C24H35I/c1-2-3-4-17-5-6-19-14-20(8-7-18(19)13-17)21-9-10-23-16-24(25)12-11-22(23)15-21/h2,7,10,17,19-22,24H,1,3-6,8-9,11-16H2. The van der Waals surface area contributed by atoms with Gasteiger partial charge in [-0.3, -0.25) is 0 Å². The van der Waals surface area contributed by atoms with E-state index < -0.39 is 0 Å². The highest BCUT2D eigenvalue weighted by Crippen LogP contribution is 2.49. The molecule has 0 aromatic carbocycles. The molecular formula is C24H35I. The molecule has 0 aromatic rings. The first-order valence-corrected chi connectivity index (χ1v) is 12.1. The van der Waals surface area contributed by atoms with Crippen molar-refractivity contribution in [3.63, 3.8) is 0 Å². The minimum Gasteiger partial charge on any atom is -0.103 e. The fourth-order valence-electron chi connectivity index (χ4n) is 6.25. The summed E-state index contributed by atoms with van der Waals surface area (Å²) in [4.78, 5) is 0. The average molecular weight is 450 g/mol. The molecule has 0 spiro atoms. The normalized spacial score (nSPS) is 41.2. The van der Waals surface area contributed by atoms with Gasteiger partial charge in [0.2, 0.25) is 0 Å². The summed E-state index contributed by atoms with van der Waals surface area (Å²) in [6.45, 7) is 3.90. The van der Waals surface area contributed by atoms with Crippen molar-refractivity contribution >= 4 is 22.6 Å². The molecule has 0 saturated heterocycles. The Balaban J connectivity index is 1.35. The Kier molecular flexibility index (Phi) is 6.09. The third kappa shape index (κ3) is 4.28. The molecule has 0 bridgehead atoms. The van der Waals surface area contributed by atoms with Gasteiger partial charge in [-0.1, -0.05) is 52.0 Å². The molecule has 2 saturated carbocycles.